The molecule has 0 aliphatic carbocycles. The van der Waals surface area contributed by atoms with Crippen LogP contribution in [0, 0.1) is 0 Å². The summed E-state index contributed by atoms with van der Waals surface area (Å²) in [6, 6.07) is 0.202. The van der Waals surface area contributed by atoms with Crippen molar-refractivity contribution in [3.8, 4) is 11.5 Å². The Balaban J connectivity index is 3.44. The summed E-state index contributed by atoms with van der Waals surface area (Å²) in [6.07, 6.45) is -0.596. The Hall–Kier alpha value is -2.46. The molecule has 0 aromatic heterocycles. The molecule has 13 nitrogen and oxygen atoms in total. The van der Waals surface area contributed by atoms with Crippen LogP contribution in [0.4, 0.5) is 0 Å². The fourth-order valence-electron chi connectivity index (χ4n) is 2.19. The maximum atomic E-state index is 11.5. The first-order valence-electron chi connectivity index (χ1n) is 6.83. The number of benzene rings is 1. The zero-order valence-electron chi connectivity index (χ0n) is 13.3. The maximum absolute atomic E-state index is 11.5. The first-order chi connectivity index (χ1) is 12.1. The SMILES string of the molecule is O=C(O)CN(CCc1c(S(=O)(=O)O)cc(S(=O)(=O)O)c(O)c1O)CC(=O)O. The molecule has 15 heteroatoms. The monoisotopic (exact) mass is 429 g/mol. The number of hydrogen-bond donors (Lipinski definition) is 6. The third kappa shape index (κ3) is 6.04. The summed E-state index contributed by atoms with van der Waals surface area (Å²) < 4.78 is 63.5. The number of aliphatic carboxylic acids is 2. The standard InChI is InChI=1S/C12H15NO12S2/c14-9(15)4-13(5-10(16)17)2-1-6-7(26(20,21)22)3-8(27(23,24)25)12(19)11(6)18/h3,18-19H,1-2,4-5H2,(H,14,15)(H,16,17)(H,20,21,22)(H,23,24,25). The van der Waals surface area contributed by atoms with Gasteiger partial charge in [0.05, 0.1) is 13.1 Å². The number of carboxylic acid groups (broad SMARTS) is 2. The Morgan fingerprint density at radius 1 is 0.852 bits per heavy atom. The normalized spacial score (nSPS) is 12.3. The summed E-state index contributed by atoms with van der Waals surface area (Å²) in [5, 5.41) is 37.1. The Bertz CT molecular complexity index is 951. The van der Waals surface area contributed by atoms with Crippen LogP contribution in [-0.4, -0.2) is 82.8 Å². The van der Waals surface area contributed by atoms with Gasteiger partial charge in [-0.3, -0.25) is 23.6 Å². The first kappa shape index (κ1) is 22.6. The highest BCUT2D eigenvalue weighted by atomic mass is 32.2. The Morgan fingerprint density at radius 2 is 1.30 bits per heavy atom. The number of rotatable bonds is 9. The molecule has 0 radical (unpaired) electrons. The molecule has 0 aliphatic heterocycles. The number of phenols is 2. The van der Waals surface area contributed by atoms with Crippen LogP contribution < -0.4 is 0 Å². The van der Waals surface area contributed by atoms with E-state index in [0.717, 1.165) is 4.90 Å². The average molecular weight is 429 g/mol. The van der Waals surface area contributed by atoms with Crippen molar-refractivity contribution < 1.29 is 56.0 Å². The molecule has 1 aromatic carbocycles. The van der Waals surface area contributed by atoms with Crippen molar-refractivity contribution in [3.63, 3.8) is 0 Å². The molecule has 1 aromatic rings. The molecule has 0 spiro atoms. The molecule has 6 N–H and O–H groups in total. The highest BCUT2D eigenvalue weighted by Crippen LogP contribution is 2.39. The van der Waals surface area contributed by atoms with Crippen molar-refractivity contribution in [3.05, 3.63) is 11.6 Å². The summed E-state index contributed by atoms with van der Waals surface area (Å²) in [5.41, 5.74) is -0.705. The smallest absolute Gasteiger partial charge is 0.317 e. The van der Waals surface area contributed by atoms with Gasteiger partial charge in [0.25, 0.3) is 20.2 Å². The number of aromatic hydroxyl groups is 2. The Labute approximate surface area is 152 Å². The zero-order chi connectivity index (χ0) is 21.2. The fraction of sp³-hybridized carbons (Fsp3) is 0.333. The minimum Gasteiger partial charge on any atom is -0.504 e. The lowest BCUT2D eigenvalue weighted by Crippen LogP contribution is -2.36. The molecule has 152 valence electrons. The highest BCUT2D eigenvalue weighted by Gasteiger charge is 2.29. The lowest BCUT2D eigenvalue weighted by Gasteiger charge is -2.19. The third-order valence-electron chi connectivity index (χ3n) is 3.25. The highest BCUT2D eigenvalue weighted by molar-refractivity contribution is 7.86. The summed E-state index contributed by atoms with van der Waals surface area (Å²) in [6.45, 7) is -1.98. The van der Waals surface area contributed by atoms with Crippen molar-refractivity contribution in [1.29, 1.82) is 0 Å². The van der Waals surface area contributed by atoms with E-state index in [0.29, 0.717) is 0 Å². The minimum absolute atomic E-state index is 0.202. The van der Waals surface area contributed by atoms with Crippen LogP contribution >= 0.6 is 0 Å². The molecular weight excluding hydrogens is 414 g/mol. The predicted octanol–water partition coefficient (Wildman–Crippen LogP) is -1.40. The first-order valence-corrected chi connectivity index (χ1v) is 9.71. The average Bonchev–Trinajstić information content (AvgIpc) is 2.44. The minimum atomic E-state index is -5.17. The molecule has 27 heavy (non-hydrogen) atoms. The predicted molar refractivity (Wildman–Crippen MR) is 84.8 cm³/mol. The van der Waals surface area contributed by atoms with Crippen molar-refractivity contribution >= 4 is 32.2 Å². The van der Waals surface area contributed by atoms with Crippen molar-refractivity contribution in [2.24, 2.45) is 0 Å². The van der Waals surface area contributed by atoms with Gasteiger partial charge in [0.15, 0.2) is 11.5 Å². The van der Waals surface area contributed by atoms with Gasteiger partial charge in [-0.1, -0.05) is 0 Å². The summed E-state index contributed by atoms with van der Waals surface area (Å²) >= 11 is 0. The van der Waals surface area contributed by atoms with Gasteiger partial charge in [-0.2, -0.15) is 16.8 Å². The lowest BCUT2D eigenvalue weighted by molar-refractivity contribution is -0.141. The summed E-state index contributed by atoms with van der Waals surface area (Å²) in [7, 11) is -10.3. The van der Waals surface area contributed by atoms with E-state index in [1.54, 1.807) is 0 Å². The van der Waals surface area contributed by atoms with E-state index in [2.05, 4.69) is 0 Å². The molecule has 0 saturated heterocycles. The van der Waals surface area contributed by atoms with Crippen LogP contribution in [0.15, 0.2) is 15.9 Å². The molecule has 0 atom stereocenters. The van der Waals surface area contributed by atoms with Crippen molar-refractivity contribution in [2.45, 2.75) is 16.2 Å². The van der Waals surface area contributed by atoms with Gasteiger partial charge >= 0.3 is 11.9 Å². The maximum Gasteiger partial charge on any atom is 0.317 e. The second kappa shape index (κ2) is 8.05. The second-order valence-electron chi connectivity index (χ2n) is 5.25. The van der Waals surface area contributed by atoms with Crippen LogP contribution in [0.25, 0.3) is 0 Å². The molecule has 0 bridgehead atoms. The van der Waals surface area contributed by atoms with Gasteiger partial charge in [0, 0.05) is 12.1 Å². The van der Waals surface area contributed by atoms with E-state index in [1.807, 2.05) is 0 Å². The van der Waals surface area contributed by atoms with Crippen LogP contribution in [0.5, 0.6) is 11.5 Å². The molecule has 0 amide bonds. The topological polar surface area (TPSA) is 227 Å². The van der Waals surface area contributed by atoms with Crippen molar-refractivity contribution in [2.75, 3.05) is 19.6 Å². The Kier molecular flexibility index (Phi) is 6.73. The second-order valence-corrected chi connectivity index (χ2v) is 8.03. The molecule has 0 heterocycles. The molecule has 0 unspecified atom stereocenters. The van der Waals surface area contributed by atoms with E-state index in [-0.39, 0.29) is 6.07 Å². The molecule has 0 aliphatic rings. The summed E-state index contributed by atoms with van der Waals surface area (Å²) in [4.78, 5) is 19.8. The number of phenolic OH excluding ortho intramolecular Hbond substituents is 2. The zero-order valence-corrected chi connectivity index (χ0v) is 14.9. The van der Waals surface area contributed by atoms with Gasteiger partial charge in [-0.25, -0.2) is 0 Å². The quantitative estimate of drug-likeness (QED) is 0.196. The molecule has 1 rings (SSSR count). The van der Waals surface area contributed by atoms with E-state index in [1.165, 1.54) is 0 Å². The van der Waals surface area contributed by atoms with Gasteiger partial charge < -0.3 is 20.4 Å². The van der Waals surface area contributed by atoms with E-state index < -0.39 is 85.1 Å². The van der Waals surface area contributed by atoms with E-state index in [9.17, 15) is 41.2 Å². The van der Waals surface area contributed by atoms with Gasteiger partial charge in [0.2, 0.25) is 0 Å². The molecule has 0 fully saturated rings. The van der Waals surface area contributed by atoms with Crippen LogP contribution in [0.2, 0.25) is 0 Å². The third-order valence-corrected chi connectivity index (χ3v) is 5.04. The van der Waals surface area contributed by atoms with Gasteiger partial charge in [-0.05, 0) is 12.5 Å². The van der Waals surface area contributed by atoms with E-state index >= 15 is 0 Å². The largest absolute Gasteiger partial charge is 0.504 e. The number of carboxylic acids is 2. The summed E-state index contributed by atoms with van der Waals surface area (Å²) in [5.74, 6) is -5.51. The van der Waals surface area contributed by atoms with E-state index in [4.69, 9.17) is 14.8 Å². The lowest BCUT2D eigenvalue weighted by atomic mass is 10.1. The van der Waals surface area contributed by atoms with Gasteiger partial charge in [0.1, 0.15) is 9.79 Å². The molecular formula is C12H15NO12S2. The number of hydrogen-bond acceptors (Lipinski definition) is 9. The van der Waals surface area contributed by atoms with Crippen molar-refractivity contribution in [1.82, 2.24) is 4.90 Å². The van der Waals surface area contributed by atoms with Crippen LogP contribution in [0.1, 0.15) is 5.56 Å². The van der Waals surface area contributed by atoms with Crippen LogP contribution in [0.3, 0.4) is 0 Å². The fourth-order valence-corrected chi connectivity index (χ4v) is 3.65. The molecule has 0 saturated carbocycles. The van der Waals surface area contributed by atoms with Gasteiger partial charge in [-0.15, -0.1) is 0 Å². The van der Waals surface area contributed by atoms with Crippen LogP contribution in [-0.2, 0) is 36.2 Å². The number of nitrogens with zero attached hydrogens (tertiary/aromatic N) is 1. The Morgan fingerprint density at radius 3 is 1.67 bits per heavy atom. The number of carbonyl (C=O) groups is 2.